The first-order valence-electron chi connectivity index (χ1n) is 7.33. The maximum absolute atomic E-state index is 11.7. The molecule has 0 aliphatic carbocycles. The quantitative estimate of drug-likeness (QED) is 0.872. The van der Waals surface area contributed by atoms with Gasteiger partial charge >= 0.3 is 0 Å². The van der Waals surface area contributed by atoms with Gasteiger partial charge in [-0.15, -0.1) is 11.3 Å². The van der Waals surface area contributed by atoms with Crippen molar-refractivity contribution in [3.8, 4) is 0 Å². The number of thiazole rings is 1. The van der Waals surface area contributed by atoms with Gasteiger partial charge in [0.1, 0.15) is 0 Å². The SMILES string of the molecule is Cc1nc(N2CCC(Cn3cnccc3=O)CC2)sc1C. The van der Waals surface area contributed by atoms with Gasteiger partial charge in [0.2, 0.25) is 0 Å². The topological polar surface area (TPSA) is 51.0 Å². The molecule has 3 rings (SSSR count). The first-order chi connectivity index (χ1) is 10.1. The Balaban J connectivity index is 1.60. The molecule has 0 bridgehead atoms. The van der Waals surface area contributed by atoms with E-state index in [0.717, 1.165) is 43.3 Å². The van der Waals surface area contributed by atoms with Gasteiger partial charge in [-0.1, -0.05) is 0 Å². The molecule has 21 heavy (non-hydrogen) atoms. The highest BCUT2D eigenvalue weighted by Crippen LogP contribution is 2.29. The number of aromatic nitrogens is 3. The molecule has 0 N–H and O–H groups in total. The summed E-state index contributed by atoms with van der Waals surface area (Å²) in [4.78, 5) is 24.1. The van der Waals surface area contributed by atoms with Crippen LogP contribution in [0.2, 0.25) is 0 Å². The third-order valence-electron chi connectivity index (χ3n) is 4.15. The fourth-order valence-electron chi connectivity index (χ4n) is 2.69. The van der Waals surface area contributed by atoms with Gasteiger partial charge in [-0.2, -0.15) is 0 Å². The predicted molar refractivity (Wildman–Crippen MR) is 85.0 cm³/mol. The zero-order valence-electron chi connectivity index (χ0n) is 12.5. The maximum Gasteiger partial charge on any atom is 0.253 e. The first-order valence-corrected chi connectivity index (χ1v) is 8.14. The largest absolute Gasteiger partial charge is 0.348 e. The van der Waals surface area contributed by atoms with Crippen molar-refractivity contribution < 1.29 is 0 Å². The van der Waals surface area contributed by atoms with Crippen molar-refractivity contribution in [2.75, 3.05) is 18.0 Å². The molecule has 0 atom stereocenters. The van der Waals surface area contributed by atoms with Crippen LogP contribution in [0, 0.1) is 19.8 Å². The number of piperidine rings is 1. The Bertz CT molecular complexity index is 651. The van der Waals surface area contributed by atoms with Crippen molar-refractivity contribution in [2.24, 2.45) is 5.92 Å². The van der Waals surface area contributed by atoms with Gasteiger partial charge in [-0.05, 0) is 32.6 Å². The van der Waals surface area contributed by atoms with E-state index >= 15 is 0 Å². The number of anilines is 1. The van der Waals surface area contributed by atoms with Gasteiger partial charge in [0.25, 0.3) is 5.56 Å². The number of hydrogen-bond donors (Lipinski definition) is 0. The van der Waals surface area contributed by atoms with Crippen LogP contribution in [0.1, 0.15) is 23.4 Å². The van der Waals surface area contributed by atoms with E-state index in [4.69, 9.17) is 0 Å². The van der Waals surface area contributed by atoms with Crippen molar-refractivity contribution in [3.63, 3.8) is 0 Å². The number of hydrogen-bond acceptors (Lipinski definition) is 5. The monoisotopic (exact) mass is 304 g/mol. The molecule has 0 spiro atoms. The summed E-state index contributed by atoms with van der Waals surface area (Å²) in [5.74, 6) is 0.547. The highest BCUT2D eigenvalue weighted by Gasteiger charge is 2.22. The van der Waals surface area contributed by atoms with Crippen LogP contribution in [0.4, 0.5) is 5.13 Å². The summed E-state index contributed by atoms with van der Waals surface area (Å²) in [6.45, 7) is 7.00. The molecule has 112 valence electrons. The average Bonchev–Trinajstić information content (AvgIpc) is 2.82. The Morgan fingerprint density at radius 3 is 2.71 bits per heavy atom. The van der Waals surface area contributed by atoms with Gasteiger partial charge in [0.05, 0.1) is 12.0 Å². The van der Waals surface area contributed by atoms with Gasteiger partial charge < -0.3 is 4.90 Å². The minimum atomic E-state index is 0.0404. The minimum absolute atomic E-state index is 0.0404. The van der Waals surface area contributed by atoms with Crippen LogP contribution in [0.5, 0.6) is 0 Å². The van der Waals surface area contributed by atoms with Gasteiger partial charge in [-0.25, -0.2) is 9.97 Å². The van der Waals surface area contributed by atoms with E-state index in [-0.39, 0.29) is 5.56 Å². The van der Waals surface area contributed by atoms with Crippen LogP contribution < -0.4 is 10.5 Å². The van der Waals surface area contributed by atoms with E-state index < -0.39 is 0 Å². The molecule has 0 amide bonds. The Hall–Kier alpha value is -1.69. The third kappa shape index (κ3) is 3.15. The van der Waals surface area contributed by atoms with E-state index in [1.807, 2.05) is 0 Å². The predicted octanol–water partition coefficient (Wildman–Crippen LogP) is 2.23. The third-order valence-corrected chi connectivity index (χ3v) is 5.28. The molecule has 0 unspecified atom stereocenters. The Kier molecular flexibility index (Phi) is 4.05. The molecule has 5 nitrogen and oxygen atoms in total. The van der Waals surface area contributed by atoms with Crippen molar-refractivity contribution in [2.45, 2.75) is 33.2 Å². The molecule has 1 aliphatic heterocycles. The molecule has 0 aromatic carbocycles. The van der Waals surface area contributed by atoms with Gasteiger partial charge in [0, 0.05) is 36.8 Å². The second-order valence-electron chi connectivity index (χ2n) is 5.64. The highest BCUT2D eigenvalue weighted by molar-refractivity contribution is 7.15. The molecule has 6 heteroatoms. The molecule has 2 aromatic rings. The molecule has 0 radical (unpaired) electrons. The molecule has 2 aromatic heterocycles. The van der Waals surface area contributed by atoms with Gasteiger partial charge in [-0.3, -0.25) is 9.36 Å². The molecule has 0 saturated carbocycles. The van der Waals surface area contributed by atoms with E-state index in [2.05, 4.69) is 28.7 Å². The maximum atomic E-state index is 11.7. The number of aryl methyl sites for hydroxylation is 2. The molecular weight excluding hydrogens is 284 g/mol. The fourth-order valence-corrected chi connectivity index (χ4v) is 3.65. The lowest BCUT2D eigenvalue weighted by Crippen LogP contribution is -2.36. The Morgan fingerprint density at radius 2 is 2.10 bits per heavy atom. The summed E-state index contributed by atoms with van der Waals surface area (Å²) in [5, 5.41) is 1.14. The second kappa shape index (κ2) is 5.97. The highest BCUT2D eigenvalue weighted by atomic mass is 32.1. The van der Waals surface area contributed by atoms with Crippen molar-refractivity contribution in [3.05, 3.63) is 39.5 Å². The summed E-state index contributed by atoms with van der Waals surface area (Å²) < 4.78 is 1.72. The van der Waals surface area contributed by atoms with E-state index in [1.165, 1.54) is 10.9 Å². The van der Waals surface area contributed by atoms with Crippen molar-refractivity contribution >= 4 is 16.5 Å². The zero-order chi connectivity index (χ0) is 14.8. The standard InChI is InChI=1S/C15H20N4OS/c1-11-12(2)21-15(17-11)18-7-4-13(5-8-18)9-19-10-16-6-3-14(19)20/h3,6,10,13H,4-5,7-9H2,1-2H3. The second-order valence-corrected chi connectivity index (χ2v) is 6.82. The smallest absolute Gasteiger partial charge is 0.253 e. The van der Waals surface area contributed by atoms with Crippen LogP contribution in [0.3, 0.4) is 0 Å². The Labute approximate surface area is 128 Å². The van der Waals surface area contributed by atoms with Crippen LogP contribution in [-0.4, -0.2) is 27.6 Å². The average molecular weight is 304 g/mol. The van der Waals surface area contributed by atoms with E-state index in [0.29, 0.717) is 5.92 Å². The molecule has 1 fully saturated rings. The molecule has 1 saturated heterocycles. The van der Waals surface area contributed by atoms with Crippen LogP contribution >= 0.6 is 11.3 Å². The summed E-state index contributed by atoms with van der Waals surface area (Å²) in [5.41, 5.74) is 1.18. The van der Waals surface area contributed by atoms with Crippen LogP contribution in [0.15, 0.2) is 23.4 Å². The normalized spacial score (nSPS) is 16.4. The Morgan fingerprint density at radius 1 is 1.33 bits per heavy atom. The minimum Gasteiger partial charge on any atom is -0.348 e. The molecule has 3 heterocycles. The number of rotatable bonds is 3. The first kappa shape index (κ1) is 14.3. The lowest BCUT2D eigenvalue weighted by Gasteiger charge is -2.31. The fraction of sp³-hybridized carbons (Fsp3) is 0.533. The van der Waals surface area contributed by atoms with Crippen molar-refractivity contribution in [1.82, 2.24) is 14.5 Å². The number of nitrogens with zero attached hydrogens (tertiary/aromatic N) is 4. The summed E-state index contributed by atoms with van der Waals surface area (Å²) in [7, 11) is 0. The molecular formula is C15H20N4OS. The van der Waals surface area contributed by atoms with Crippen LogP contribution in [-0.2, 0) is 6.54 Å². The van der Waals surface area contributed by atoms with Gasteiger partial charge in [0.15, 0.2) is 5.13 Å². The summed E-state index contributed by atoms with van der Waals surface area (Å²) in [6.07, 6.45) is 5.38. The van der Waals surface area contributed by atoms with E-state index in [1.54, 1.807) is 28.4 Å². The summed E-state index contributed by atoms with van der Waals surface area (Å²) in [6, 6.07) is 1.52. The summed E-state index contributed by atoms with van der Waals surface area (Å²) >= 11 is 1.78. The molecule has 1 aliphatic rings. The van der Waals surface area contributed by atoms with Crippen LogP contribution in [0.25, 0.3) is 0 Å². The lowest BCUT2D eigenvalue weighted by atomic mass is 9.97. The zero-order valence-corrected chi connectivity index (χ0v) is 13.3. The van der Waals surface area contributed by atoms with Crippen molar-refractivity contribution in [1.29, 1.82) is 0 Å². The van der Waals surface area contributed by atoms with E-state index in [9.17, 15) is 4.79 Å². The lowest BCUT2D eigenvalue weighted by molar-refractivity contribution is 0.351.